The van der Waals surface area contributed by atoms with E-state index in [1.807, 2.05) is 67.6 Å². The van der Waals surface area contributed by atoms with Crippen LogP contribution in [0.3, 0.4) is 0 Å². The number of benzene rings is 2. The van der Waals surface area contributed by atoms with Gasteiger partial charge in [-0.2, -0.15) is 0 Å². The molecule has 1 atom stereocenters. The van der Waals surface area contributed by atoms with Crippen LogP contribution in [0.2, 0.25) is 0 Å². The number of oxime groups is 1. The Labute approximate surface area is 193 Å². The Bertz CT molecular complexity index is 1120. The highest BCUT2D eigenvalue weighted by atomic mass is 16.6. The fraction of sp³-hybridized carbons (Fsp3) is 0.222. The van der Waals surface area contributed by atoms with E-state index in [1.165, 1.54) is 5.57 Å². The molecule has 1 N–H and O–H groups in total. The fourth-order valence-corrected chi connectivity index (χ4v) is 3.96. The van der Waals surface area contributed by atoms with E-state index in [-0.39, 0.29) is 12.7 Å². The molecule has 0 radical (unpaired) electrons. The van der Waals surface area contributed by atoms with Gasteiger partial charge in [0, 0.05) is 29.9 Å². The SMILES string of the molecule is CC(CC1=Cc2cccc(OCC(=O)O)c2CC1)=NOC(c1ccccc1)c1ccncc1. The number of hydrogen-bond acceptors (Lipinski definition) is 5. The lowest BCUT2D eigenvalue weighted by atomic mass is 9.89. The van der Waals surface area contributed by atoms with Gasteiger partial charge in [0.05, 0.1) is 5.71 Å². The van der Waals surface area contributed by atoms with Crippen LogP contribution in [0.5, 0.6) is 5.75 Å². The molecular weight excluding hydrogens is 416 g/mol. The van der Waals surface area contributed by atoms with E-state index >= 15 is 0 Å². The summed E-state index contributed by atoms with van der Waals surface area (Å²) in [5.41, 5.74) is 6.27. The van der Waals surface area contributed by atoms with Crippen molar-refractivity contribution in [2.45, 2.75) is 32.3 Å². The van der Waals surface area contributed by atoms with Gasteiger partial charge in [-0.25, -0.2) is 4.79 Å². The molecule has 0 bridgehead atoms. The highest BCUT2D eigenvalue weighted by Gasteiger charge is 2.18. The minimum absolute atomic E-state index is 0.306. The molecule has 1 aromatic heterocycles. The maximum absolute atomic E-state index is 10.8. The normalized spacial score (nSPS) is 14.1. The highest BCUT2D eigenvalue weighted by Crippen LogP contribution is 2.33. The van der Waals surface area contributed by atoms with Crippen molar-refractivity contribution in [1.82, 2.24) is 4.98 Å². The topological polar surface area (TPSA) is 81.0 Å². The van der Waals surface area contributed by atoms with Gasteiger partial charge in [-0.3, -0.25) is 4.98 Å². The molecule has 0 saturated carbocycles. The van der Waals surface area contributed by atoms with Crippen molar-refractivity contribution in [1.29, 1.82) is 0 Å². The molecule has 3 aromatic rings. The number of aromatic nitrogens is 1. The second kappa shape index (κ2) is 10.6. The molecule has 4 rings (SSSR count). The molecule has 0 saturated heterocycles. The first kappa shape index (κ1) is 22.3. The van der Waals surface area contributed by atoms with E-state index < -0.39 is 5.97 Å². The average molecular weight is 443 g/mol. The quantitative estimate of drug-likeness (QED) is 0.352. The average Bonchev–Trinajstić information content (AvgIpc) is 2.84. The van der Waals surface area contributed by atoms with E-state index in [0.717, 1.165) is 40.8 Å². The lowest BCUT2D eigenvalue weighted by Gasteiger charge is -2.20. The van der Waals surface area contributed by atoms with Gasteiger partial charge in [0.1, 0.15) is 5.75 Å². The molecule has 1 heterocycles. The molecule has 0 fully saturated rings. The molecule has 0 amide bonds. The Kier molecular flexibility index (Phi) is 7.15. The lowest BCUT2D eigenvalue weighted by Crippen LogP contribution is -2.12. The van der Waals surface area contributed by atoms with Crippen LogP contribution >= 0.6 is 0 Å². The number of nitrogens with zero attached hydrogens (tertiary/aromatic N) is 2. The summed E-state index contributed by atoms with van der Waals surface area (Å²) in [6.45, 7) is 1.63. The standard InChI is InChI=1S/C27H26N2O4/c1-19(29-33-27(21-6-3-2-4-7-21)22-12-14-28-15-13-22)16-20-10-11-24-23(17-20)8-5-9-25(24)32-18-26(30)31/h2-9,12-15,17,27H,10-11,16,18H2,1H3,(H,30,31). The summed E-state index contributed by atoms with van der Waals surface area (Å²) in [5, 5.41) is 13.3. The third-order valence-corrected chi connectivity index (χ3v) is 5.48. The van der Waals surface area contributed by atoms with E-state index in [1.54, 1.807) is 12.4 Å². The Hall–Kier alpha value is -3.93. The number of ether oxygens (including phenoxy) is 1. The Morgan fingerprint density at radius 3 is 2.55 bits per heavy atom. The zero-order valence-corrected chi connectivity index (χ0v) is 18.5. The molecule has 0 aliphatic heterocycles. The smallest absolute Gasteiger partial charge is 0.341 e. The largest absolute Gasteiger partial charge is 0.482 e. The van der Waals surface area contributed by atoms with Crippen molar-refractivity contribution < 1.29 is 19.5 Å². The van der Waals surface area contributed by atoms with E-state index in [2.05, 4.69) is 16.2 Å². The summed E-state index contributed by atoms with van der Waals surface area (Å²) in [5.74, 6) is -0.339. The predicted octanol–water partition coefficient (Wildman–Crippen LogP) is 5.45. The van der Waals surface area contributed by atoms with Crippen LogP contribution in [0.1, 0.15) is 48.1 Å². The minimum atomic E-state index is -0.980. The number of hydrogen-bond donors (Lipinski definition) is 1. The second-order valence-corrected chi connectivity index (χ2v) is 7.99. The van der Waals surface area contributed by atoms with Gasteiger partial charge < -0.3 is 14.7 Å². The number of aliphatic carboxylic acids is 1. The third kappa shape index (κ3) is 5.86. The molecular formula is C27H26N2O4. The van der Waals surface area contributed by atoms with Crippen LogP contribution in [0, 0.1) is 0 Å². The van der Waals surface area contributed by atoms with Crippen molar-refractivity contribution in [2.75, 3.05) is 6.61 Å². The zero-order valence-electron chi connectivity index (χ0n) is 18.5. The summed E-state index contributed by atoms with van der Waals surface area (Å²) in [6.07, 6.45) is 7.71. The Morgan fingerprint density at radius 1 is 1.03 bits per heavy atom. The number of allylic oxidation sites excluding steroid dienone is 1. The van der Waals surface area contributed by atoms with E-state index in [9.17, 15) is 4.79 Å². The molecule has 0 spiro atoms. The maximum atomic E-state index is 10.8. The third-order valence-electron chi connectivity index (χ3n) is 5.48. The van der Waals surface area contributed by atoms with Crippen molar-refractivity contribution in [2.24, 2.45) is 5.16 Å². The summed E-state index contributed by atoms with van der Waals surface area (Å²) in [6, 6.07) is 19.6. The first-order chi connectivity index (χ1) is 16.1. The number of fused-ring (bicyclic) bond motifs is 1. The van der Waals surface area contributed by atoms with E-state index in [4.69, 9.17) is 14.7 Å². The van der Waals surface area contributed by atoms with Gasteiger partial charge in [-0.15, -0.1) is 0 Å². The number of carbonyl (C=O) groups is 1. The highest BCUT2D eigenvalue weighted by molar-refractivity contribution is 5.85. The lowest BCUT2D eigenvalue weighted by molar-refractivity contribution is -0.139. The van der Waals surface area contributed by atoms with Gasteiger partial charge in [-0.05, 0) is 49.1 Å². The molecule has 168 valence electrons. The summed E-state index contributed by atoms with van der Waals surface area (Å²) in [7, 11) is 0. The van der Waals surface area contributed by atoms with Gasteiger partial charge in [0.2, 0.25) is 0 Å². The Morgan fingerprint density at radius 2 is 1.79 bits per heavy atom. The molecule has 6 heteroatoms. The second-order valence-electron chi connectivity index (χ2n) is 7.99. The summed E-state index contributed by atoms with van der Waals surface area (Å²) in [4.78, 5) is 21.0. The van der Waals surface area contributed by atoms with Crippen LogP contribution in [0.15, 0.2) is 83.8 Å². The summed E-state index contributed by atoms with van der Waals surface area (Å²) >= 11 is 0. The number of carboxylic acid groups (broad SMARTS) is 1. The number of pyridine rings is 1. The fourth-order valence-electron chi connectivity index (χ4n) is 3.96. The van der Waals surface area contributed by atoms with Crippen LogP contribution < -0.4 is 4.74 Å². The molecule has 1 unspecified atom stereocenters. The van der Waals surface area contributed by atoms with E-state index in [0.29, 0.717) is 12.2 Å². The zero-order chi connectivity index (χ0) is 23.0. The molecule has 2 aromatic carbocycles. The maximum Gasteiger partial charge on any atom is 0.341 e. The predicted molar refractivity (Wildman–Crippen MR) is 127 cm³/mol. The van der Waals surface area contributed by atoms with Crippen molar-refractivity contribution in [3.05, 3.63) is 101 Å². The monoisotopic (exact) mass is 442 g/mol. The summed E-state index contributed by atoms with van der Waals surface area (Å²) < 4.78 is 5.45. The Balaban J connectivity index is 1.48. The molecule has 33 heavy (non-hydrogen) atoms. The van der Waals surface area contributed by atoms with Crippen molar-refractivity contribution >= 4 is 17.8 Å². The molecule has 1 aliphatic carbocycles. The molecule has 6 nitrogen and oxygen atoms in total. The number of rotatable bonds is 9. The van der Waals surface area contributed by atoms with Crippen molar-refractivity contribution in [3.63, 3.8) is 0 Å². The van der Waals surface area contributed by atoms with Gasteiger partial charge in [-0.1, -0.05) is 59.3 Å². The van der Waals surface area contributed by atoms with Gasteiger partial charge in [0.25, 0.3) is 0 Å². The first-order valence-corrected chi connectivity index (χ1v) is 10.9. The minimum Gasteiger partial charge on any atom is -0.482 e. The first-order valence-electron chi connectivity index (χ1n) is 10.9. The van der Waals surface area contributed by atoms with Crippen LogP contribution in [-0.4, -0.2) is 28.4 Å². The van der Waals surface area contributed by atoms with Crippen molar-refractivity contribution in [3.8, 4) is 5.75 Å². The number of carboxylic acids is 1. The van der Waals surface area contributed by atoms with Crippen LogP contribution in [0.25, 0.3) is 6.08 Å². The van der Waals surface area contributed by atoms with Gasteiger partial charge >= 0.3 is 5.97 Å². The van der Waals surface area contributed by atoms with Gasteiger partial charge in [0.15, 0.2) is 12.7 Å². The molecule has 1 aliphatic rings. The van der Waals surface area contributed by atoms with Crippen LogP contribution in [-0.2, 0) is 16.1 Å². The van der Waals surface area contributed by atoms with Crippen LogP contribution in [0.4, 0.5) is 0 Å².